The van der Waals surface area contributed by atoms with Gasteiger partial charge in [-0.1, -0.05) is 0 Å². The van der Waals surface area contributed by atoms with Crippen LogP contribution in [0.3, 0.4) is 0 Å². The molecule has 13 heavy (non-hydrogen) atoms. The summed E-state index contributed by atoms with van der Waals surface area (Å²) in [5, 5.41) is 0. The quantitative estimate of drug-likeness (QED) is 0.638. The van der Waals surface area contributed by atoms with Gasteiger partial charge in [-0.15, -0.1) is 0 Å². The van der Waals surface area contributed by atoms with Crippen molar-refractivity contribution in [3.05, 3.63) is 0 Å². The van der Waals surface area contributed by atoms with Crippen LogP contribution in [0.1, 0.15) is 64.2 Å². The van der Waals surface area contributed by atoms with Gasteiger partial charge in [0.25, 0.3) is 0 Å². The monoisotopic (exact) mass is 236 g/mol. The Morgan fingerprint density at radius 3 is 1.31 bits per heavy atom. The molecule has 2 aliphatic rings. The van der Waals surface area contributed by atoms with Crippen LogP contribution in [0.2, 0.25) is 8.94 Å². The van der Waals surface area contributed by atoms with Crippen molar-refractivity contribution in [2.75, 3.05) is 0 Å². The molecule has 0 nitrogen and oxygen atoms in total. The van der Waals surface area contributed by atoms with Gasteiger partial charge in [-0.05, 0) is 0 Å². The normalized spacial score (nSPS) is 27.4. The molecule has 74 valence electrons. The van der Waals surface area contributed by atoms with Crippen LogP contribution in [0.5, 0.6) is 0 Å². The van der Waals surface area contributed by atoms with E-state index < -0.39 is 0 Å². The molecule has 0 heterocycles. The molecule has 0 aromatic heterocycles. The molecule has 0 aromatic carbocycles. The van der Waals surface area contributed by atoms with Gasteiger partial charge in [-0.25, -0.2) is 0 Å². The van der Waals surface area contributed by atoms with Gasteiger partial charge in [-0.3, -0.25) is 0 Å². The summed E-state index contributed by atoms with van der Waals surface area (Å²) in [6, 6.07) is 0. The van der Waals surface area contributed by atoms with Crippen LogP contribution < -0.4 is 0 Å². The van der Waals surface area contributed by atoms with E-state index in [0.29, 0.717) is 0 Å². The molecule has 1 heteroatoms. The van der Waals surface area contributed by atoms with Gasteiger partial charge < -0.3 is 0 Å². The summed E-state index contributed by atoms with van der Waals surface area (Å²) in [5.74, 6) is 0. The molecular weight excluding hydrogens is 214 g/mol. The number of hydrogen-bond acceptors (Lipinski definition) is 0. The Balaban J connectivity index is 1.69. The van der Waals surface area contributed by atoms with Crippen molar-refractivity contribution in [3.8, 4) is 0 Å². The zero-order valence-corrected chi connectivity index (χ0v) is 11.9. The van der Waals surface area contributed by atoms with Crippen molar-refractivity contribution in [3.63, 3.8) is 0 Å². The Labute approximate surface area is 90.6 Å². The third-order valence-corrected chi connectivity index (χ3v) is 10.3. The molecule has 0 radical (unpaired) electrons. The molecule has 0 unspecified atom stereocenters. The van der Waals surface area contributed by atoms with Crippen molar-refractivity contribution in [2.45, 2.75) is 73.2 Å². The van der Waals surface area contributed by atoms with Crippen LogP contribution >= 0.6 is 0 Å². The SMILES string of the molecule is C1CC[CH]([GaH][CH]2CCCCC2)CC1. The molecule has 2 saturated carbocycles. The Bertz CT molecular complexity index is 116. The summed E-state index contributed by atoms with van der Waals surface area (Å²) < 4.78 is 2.62. The van der Waals surface area contributed by atoms with Gasteiger partial charge in [0.1, 0.15) is 0 Å². The fraction of sp³-hybridized carbons (Fsp3) is 1.00. The Morgan fingerprint density at radius 2 is 0.923 bits per heavy atom. The summed E-state index contributed by atoms with van der Waals surface area (Å²) in [6.45, 7) is 0. The second kappa shape index (κ2) is 5.50. The van der Waals surface area contributed by atoms with Gasteiger partial charge in [0.15, 0.2) is 0 Å². The third kappa shape index (κ3) is 3.36. The molecule has 0 amide bonds. The van der Waals surface area contributed by atoms with Gasteiger partial charge in [0.05, 0.1) is 0 Å². The summed E-state index contributed by atoms with van der Waals surface area (Å²) >= 11 is -0.123. The fourth-order valence-corrected chi connectivity index (χ4v) is 9.70. The van der Waals surface area contributed by atoms with E-state index in [4.69, 9.17) is 0 Å². The van der Waals surface area contributed by atoms with E-state index >= 15 is 0 Å². The zero-order chi connectivity index (χ0) is 8.93. The summed E-state index contributed by atoms with van der Waals surface area (Å²) in [4.78, 5) is 0. The minimum atomic E-state index is -0.123. The maximum atomic E-state index is 1.64. The second-order valence-corrected chi connectivity index (χ2v) is 11.1. The summed E-state index contributed by atoms with van der Waals surface area (Å²) in [5.41, 5.74) is 0. The fourth-order valence-electron chi connectivity index (χ4n) is 3.32. The van der Waals surface area contributed by atoms with E-state index in [1.54, 1.807) is 64.2 Å². The number of hydrogen-bond donors (Lipinski definition) is 0. The first-order chi connectivity index (χ1) is 6.45. The van der Waals surface area contributed by atoms with Crippen LogP contribution in [0.25, 0.3) is 0 Å². The standard InChI is InChI=1S/2C6H11.Ga.H/c2*1-2-4-6-5-3-1;;/h2*1H,2-6H2;;. The molecule has 0 bridgehead atoms. The van der Waals surface area contributed by atoms with Gasteiger partial charge in [0, 0.05) is 0 Å². The van der Waals surface area contributed by atoms with Gasteiger partial charge >= 0.3 is 90.6 Å². The Morgan fingerprint density at radius 1 is 0.538 bits per heavy atom. The van der Waals surface area contributed by atoms with Crippen LogP contribution in [-0.4, -0.2) is 17.4 Å². The summed E-state index contributed by atoms with van der Waals surface area (Å²) in [6.07, 6.45) is 15.9. The van der Waals surface area contributed by atoms with E-state index in [-0.39, 0.29) is 17.4 Å². The first-order valence-corrected chi connectivity index (χ1v) is 9.88. The predicted molar refractivity (Wildman–Crippen MR) is 60.8 cm³/mol. The minimum absolute atomic E-state index is 0.123. The Hall–Kier alpha value is 0.636. The maximum absolute atomic E-state index is 1.64. The molecule has 2 aliphatic carbocycles. The molecule has 0 spiro atoms. The van der Waals surface area contributed by atoms with E-state index in [2.05, 4.69) is 0 Å². The molecule has 0 aliphatic heterocycles. The van der Waals surface area contributed by atoms with Crippen molar-refractivity contribution in [1.29, 1.82) is 0 Å². The van der Waals surface area contributed by atoms with Crippen LogP contribution in [0.4, 0.5) is 0 Å². The van der Waals surface area contributed by atoms with Crippen molar-refractivity contribution in [1.82, 2.24) is 0 Å². The van der Waals surface area contributed by atoms with Gasteiger partial charge in [0.2, 0.25) is 0 Å². The second-order valence-electron chi connectivity index (χ2n) is 5.24. The van der Waals surface area contributed by atoms with E-state index in [9.17, 15) is 0 Å². The van der Waals surface area contributed by atoms with Crippen LogP contribution in [0.15, 0.2) is 0 Å². The van der Waals surface area contributed by atoms with E-state index in [0.717, 1.165) is 0 Å². The molecule has 2 fully saturated rings. The molecule has 0 saturated heterocycles. The van der Waals surface area contributed by atoms with E-state index in [1.165, 1.54) is 8.94 Å². The topological polar surface area (TPSA) is 0 Å². The van der Waals surface area contributed by atoms with Crippen molar-refractivity contribution >= 4 is 17.4 Å². The van der Waals surface area contributed by atoms with Crippen molar-refractivity contribution in [2.24, 2.45) is 0 Å². The third-order valence-electron chi connectivity index (χ3n) is 4.12. The Kier molecular flexibility index (Phi) is 4.30. The van der Waals surface area contributed by atoms with E-state index in [1.807, 2.05) is 0 Å². The predicted octanol–water partition coefficient (Wildman–Crippen LogP) is 3.93. The number of rotatable bonds is 2. The van der Waals surface area contributed by atoms with Gasteiger partial charge in [-0.2, -0.15) is 0 Å². The molecule has 0 N–H and O–H groups in total. The van der Waals surface area contributed by atoms with Crippen molar-refractivity contribution < 1.29 is 0 Å². The molecule has 0 atom stereocenters. The van der Waals surface area contributed by atoms with Crippen LogP contribution in [0, 0.1) is 0 Å². The first kappa shape index (κ1) is 10.2. The first-order valence-electron chi connectivity index (χ1n) is 6.45. The average molecular weight is 237 g/mol. The average Bonchev–Trinajstić information content (AvgIpc) is 2.21. The molecule has 0 aromatic rings. The zero-order valence-electron chi connectivity index (χ0n) is 8.93. The molecular formula is C12H23Ga. The summed E-state index contributed by atoms with van der Waals surface area (Å²) in [7, 11) is 0. The van der Waals surface area contributed by atoms with Crippen LogP contribution in [-0.2, 0) is 0 Å². The molecule has 2 rings (SSSR count).